The van der Waals surface area contributed by atoms with E-state index in [0.29, 0.717) is 17.1 Å². The minimum Gasteiger partial charge on any atom is -0.478 e. The number of carboxylic acid groups (broad SMARTS) is 1. The molecule has 2 aromatic rings. The second-order valence-electron chi connectivity index (χ2n) is 4.39. The molecule has 7 nitrogen and oxygen atoms in total. The van der Waals surface area contributed by atoms with Crippen LogP contribution in [0.25, 0.3) is 0 Å². The summed E-state index contributed by atoms with van der Waals surface area (Å²) in [6.07, 6.45) is 1.69. The lowest BCUT2D eigenvalue weighted by Gasteiger charge is -2.05. The minimum absolute atomic E-state index is 0.0825. The lowest BCUT2D eigenvalue weighted by molar-refractivity contribution is 0.0695. The molecule has 1 amide bonds. The first-order valence-electron chi connectivity index (χ1n) is 5.91. The number of carbonyl (C=O) groups is 2. The Balaban J connectivity index is 2.24. The Morgan fingerprint density at radius 2 is 1.95 bits per heavy atom. The fourth-order valence-electron chi connectivity index (χ4n) is 1.82. The van der Waals surface area contributed by atoms with Crippen molar-refractivity contribution in [1.29, 1.82) is 0 Å². The van der Waals surface area contributed by atoms with E-state index < -0.39 is 11.9 Å². The normalized spacial score (nSPS) is 10.3. The summed E-state index contributed by atoms with van der Waals surface area (Å²) in [5, 5.41) is 15.7. The summed E-state index contributed by atoms with van der Waals surface area (Å²) < 4.78 is 1.59. The Hall–Kier alpha value is -2.70. The fraction of sp³-hybridized carbons (Fsp3) is 0.231. The van der Waals surface area contributed by atoms with Crippen molar-refractivity contribution in [3.8, 4) is 0 Å². The van der Waals surface area contributed by atoms with Gasteiger partial charge in [-0.3, -0.25) is 9.48 Å². The van der Waals surface area contributed by atoms with Crippen molar-refractivity contribution in [2.75, 3.05) is 5.32 Å². The van der Waals surface area contributed by atoms with Crippen LogP contribution in [0.1, 0.15) is 32.2 Å². The standard InChI is InChI=1S/C13H14N4O3/c1-7-9(13(19)20)4-5-10(14-7)12(18)15-11-6-17(3)16-8(11)2/h4-6H,1-3H3,(H,15,18)(H,19,20). The van der Waals surface area contributed by atoms with Crippen LogP contribution in [0.15, 0.2) is 18.3 Å². The summed E-state index contributed by atoms with van der Waals surface area (Å²) >= 11 is 0. The number of hydrogen-bond donors (Lipinski definition) is 2. The number of nitrogens with one attached hydrogen (secondary N) is 1. The monoisotopic (exact) mass is 274 g/mol. The molecule has 2 aromatic heterocycles. The number of anilines is 1. The van der Waals surface area contributed by atoms with Crippen LogP contribution in [0, 0.1) is 13.8 Å². The van der Waals surface area contributed by atoms with Crippen LogP contribution in [-0.4, -0.2) is 31.7 Å². The molecule has 104 valence electrons. The Morgan fingerprint density at radius 3 is 2.45 bits per heavy atom. The van der Waals surface area contributed by atoms with Gasteiger partial charge < -0.3 is 10.4 Å². The number of pyridine rings is 1. The number of nitrogens with zero attached hydrogens (tertiary/aromatic N) is 3. The Kier molecular flexibility index (Phi) is 3.51. The molecule has 0 fully saturated rings. The molecule has 2 N–H and O–H groups in total. The molecule has 0 atom stereocenters. The van der Waals surface area contributed by atoms with Crippen LogP contribution in [-0.2, 0) is 7.05 Å². The van der Waals surface area contributed by atoms with Crippen LogP contribution >= 0.6 is 0 Å². The Bertz CT molecular complexity index is 691. The number of hydrogen-bond acceptors (Lipinski definition) is 4. The molecule has 0 radical (unpaired) electrons. The average Bonchev–Trinajstić information content (AvgIpc) is 2.67. The van der Waals surface area contributed by atoms with Crippen molar-refractivity contribution in [2.45, 2.75) is 13.8 Å². The van der Waals surface area contributed by atoms with Gasteiger partial charge in [0.1, 0.15) is 5.69 Å². The highest BCUT2D eigenvalue weighted by Gasteiger charge is 2.14. The molecule has 0 saturated carbocycles. The summed E-state index contributed by atoms with van der Waals surface area (Å²) in [5.74, 6) is -1.47. The lowest BCUT2D eigenvalue weighted by atomic mass is 10.2. The third kappa shape index (κ3) is 2.66. The van der Waals surface area contributed by atoms with E-state index in [1.165, 1.54) is 12.1 Å². The quantitative estimate of drug-likeness (QED) is 0.881. The first kappa shape index (κ1) is 13.7. The van der Waals surface area contributed by atoms with Crippen molar-refractivity contribution in [1.82, 2.24) is 14.8 Å². The topological polar surface area (TPSA) is 97.1 Å². The number of rotatable bonds is 3. The van der Waals surface area contributed by atoms with Gasteiger partial charge in [-0.1, -0.05) is 0 Å². The molecule has 0 aromatic carbocycles. The number of aromatic carboxylic acids is 1. The average molecular weight is 274 g/mol. The molecule has 0 unspecified atom stereocenters. The molecule has 7 heteroatoms. The molecule has 0 aliphatic rings. The van der Waals surface area contributed by atoms with Crippen LogP contribution < -0.4 is 5.32 Å². The van der Waals surface area contributed by atoms with Gasteiger partial charge in [0.15, 0.2) is 0 Å². The molecule has 0 aliphatic heterocycles. The number of carbonyl (C=O) groups excluding carboxylic acids is 1. The zero-order valence-electron chi connectivity index (χ0n) is 11.3. The first-order chi connectivity index (χ1) is 9.38. The molecule has 0 bridgehead atoms. The largest absolute Gasteiger partial charge is 0.478 e. The van der Waals surface area contributed by atoms with E-state index >= 15 is 0 Å². The molecular weight excluding hydrogens is 260 g/mol. The molecule has 2 rings (SSSR count). The van der Waals surface area contributed by atoms with E-state index in [1.54, 1.807) is 31.8 Å². The minimum atomic E-state index is -1.06. The van der Waals surface area contributed by atoms with Gasteiger partial charge in [0.25, 0.3) is 5.91 Å². The van der Waals surface area contributed by atoms with Crippen LogP contribution in [0.2, 0.25) is 0 Å². The van der Waals surface area contributed by atoms with Gasteiger partial charge in [0.05, 0.1) is 22.6 Å². The van der Waals surface area contributed by atoms with E-state index in [9.17, 15) is 9.59 Å². The van der Waals surface area contributed by atoms with Crippen LogP contribution in [0.5, 0.6) is 0 Å². The van der Waals surface area contributed by atoms with Gasteiger partial charge in [0, 0.05) is 13.2 Å². The third-order valence-corrected chi connectivity index (χ3v) is 2.81. The Morgan fingerprint density at radius 1 is 1.25 bits per heavy atom. The Labute approximate surface area is 115 Å². The van der Waals surface area contributed by atoms with Crippen molar-refractivity contribution in [3.63, 3.8) is 0 Å². The van der Waals surface area contributed by atoms with Crippen molar-refractivity contribution < 1.29 is 14.7 Å². The fourth-order valence-corrected chi connectivity index (χ4v) is 1.82. The third-order valence-electron chi connectivity index (χ3n) is 2.81. The number of amides is 1. The summed E-state index contributed by atoms with van der Waals surface area (Å²) in [6.45, 7) is 3.33. The highest BCUT2D eigenvalue weighted by molar-refractivity contribution is 6.03. The van der Waals surface area contributed by atoms with Gasteiger partial charge >= 0.3 is 5.97 Å². The number of carboxylic acids is 1. The second kappa shape index (κ2) is 5.12. The molecule has 0 spiro atoms. The molecule has 2 heterocycles. The van der Waals surface area contributed by atoms with Crippen molar-refractivity contribution in [3.05, 3.63) is 41.0 Å². The maximum absolute atomic E-state index is 12.1. The summed E-state index contributed by atoms with van der Waals surface area (Å²) in [4.78, 5) is 26.9. The van der Waals surface area contributed by atoms with Crippen LogP contribution in [0.4, 0.5) is 5.69 Å². The van der Waals surface area contributed by atoms with Gasteiger partial charge in [-0.05, 0) is 26.0 Å². The van der Waals surface area contributed by atoms with Gasteiger partial charge in [-0.15, -0.1) is 0 Å². The number of aryl methyl sites for hydroxylation is 3. The molecular formula is C13H14N4O3. The van der Waals surface area contributed by atoms with E-state index in [4.69, 9.17) is 5.11 Å². The smallest absolute Gasteiger partial charge is 0.337 e. The summed E-state index contributed by atoms with van der Waals surface area (Å²) in [6, 6.07) is 2.76. The highest BCUT2D eigenvalue weighted by atomic mass is 16.4. The summed E-state index contributed by atoms with van der Waals surface area (Å²) in [5.41, 5.74) is 1.84. The summed E-state index contributed by atoms with van der Waals surface area (Å²) in [7, 11) is 1.76. The zero-order chi connectivity index (χ0) is 14.9. The van der Waals surface area contributed by atoms with E-state index in [0.717, 1.165) is 0 Å². The lowest BCUT2D eigenvalue weighted by Crippen LogP contribution is -2.15. The highest BCUT2D eigenvalue weighted by Crippen LogP contribution is 2.13. The van der Waals surface area contributed by atoms with E-state index in [1.807, 2.05) is 0 Å². The first-order valence-corrected chi connectivity index (χ1v) is 5.91. The van der Waals surface area contributed by atoms with E-state index in [2.05, 4.69) is 15.4 Å². The maximum Gasteiger partial charge on any atom is 0.337 e. The van der Waals surface area contributed by atoms with Gasteiger partial charge in [-0.25, -0.2) is 9.78 Å². The van der Waals surface area contributed by atoms with Crippen molar-refractivity contribution in [2.24, 2.45) is 7.05 Å². The van der Waals surface area contributed by atoms with Crippen LogP contribution in [0.3, 0.4) is 0 Å². The van der Waals surface area contributed by atoms with Gasteiger partial charge in [0.2, 0.25) is 0 Å². The second-order valence-corrected chi connectivity index (χ2v) is 4.39. The molecule has 0 saturated heterocycles. The molecule has 0 aliphatic carbocycles. The van der Waals surface area contributed by atoms with Gasteiger partial charge in [-0.2, -0.15) is 5.10 Å². The predicted molar refractivity (Wildman–Crippen MR) is 71.8 cm³/mol. The van der Waals surface area contributed by atoms with E-state index in [-0.39, 0.29) is 11.3 Å². The number of aromatic nitrogens is 3. The SMILES string of the molecule is Cc1nn(C)cc1NC(=O)c1ccc(C(=O)O)c(C)n1. The zero-order valence-corrected chi connectivity index (χ0v) is 11.3. The molecule has 20 heavy (non-hydrogen) atoms. The predicted octanol–water partition coefficient (Wildman–Crippen LogP) is 1.38. The van der Waals surface area contributed by atoms with Crippen molar-refractivity contribution >= 4 is 17.6 Å². The maximum atomic E-state index is 12.1.